The zero-order valence-corrected chi connectivity index (χ0v) is 28.0. The van der Waals surface area contributed by atoms with Gasteiger partial charge < -0.3 is 4.57 Å². The third kappa shape index (κ3) is 3.60. The van der Waals surface area contributed by atoms with E-state index in [-0.39, 0.29) is 0 Å². The molecule has 0 atom stereocenters. The summed E-state index contributed by atoms with van der Waals surface area (Å²) in [5, 5.41) is 2.54. The van der Waals surface area contributed by atoms with E-state index >= 15 is 0 Å². The summed E-state index contributed by atoms with van der Waals surface area (Å²) in [5.41, 5.74) is 15.8. The van der Waals surface area contributed by atoms with Crippen LogP contribution in [0.1, 0.15) is 44.5 Å². The van der Waals surface area contributed by atoms with Crippen molar-refractivity contribution in [3.8, 4) is 16.8 Å². The first-order chi connectivity index (χ1) is 25.3. The summed E-state index contributed by atoms with van der Waals surface area (Å²) in [5.74, 6) is 0. The fourth-order valence-electron chi connectivity index (χ4n) is 9.84. The molecule has 3 aliphatic carbocycles. The Labute approximate surface area is 297 Å². The van der Waals surface area contributed by atoms with Crippen LogP contribution < -0.4 is 0 Å². The first-order valence-corrected chi connectivity index (χ1v) is 17.9. The Balaban J connectivity index is 1.28. The minimum absolute atomic E-state index is 0.471. The lowest BCUT2D eigenvalue weighted by atomic mass is 9.44. The molecular weight excluding hydrogens is 615 g/mol. The summed E-state index contributed by atoms with van der Waals surface area (Å²) in [6.07, 6.45) is 0. The summed E-state index contributed by atoms with van der Waals surface area (Å²) >= 11 is 0. The number of para-hydroxylation sites is 2. The predicted molar refractivity (Wildman–Crippen MR) is 210 cm³/mol. The summed E-state index contributed by atoms with van der Waals surface area (Å²) in [7, 11) is 0. The second kappa shape index (κ2) is 10.5. The predicted octanol–water partition coefficient (Wildman–Crippen LogP) is 11.8. The molecule has 0 aliphatic heterocycles. The van der Waals surface area contributed by atoms with Crippen LogP contribution in [0.25, 0.3) is 38.6 Å². The smallest absolute Gasteiger partial charge is 0.0712 e. The molecule has 0 unspecified atom stereocenters. The first-order valence-electron chi connectivity index (χ1n) is 17.9. The van der Waals surface area contributed by atoms with Crippen LogP contribution in [-0.2, 0) is 10.8 Å². The largest absolute Gasteiger partial charge is 0.309 e. The van der Waals surface area contributed by atoms with Crippen LogP contribution in [0.4, 0.5) is 0 Å². The van der Waals surface area contributed by atoms with Crippen molar-refractivity contribution in [2.75, 3.05) is 0 Å². The highest BCUT2D eigenvalue weighted by Gasteiger charge is 2.60. The molecule has 51 heavy (non-hydrogen) atoms. The van der Waals surface area contributed by atoms with Crippen LogP contribution in [0.3, 0.4) is 0 Å². The Morgan fingerprint density at radius 3 is 1.37 bits per heavy atom. The third-order valence-electron chi connectivity index (χ3n) is 11.7. The SMILES string of the molecule is c1ccc(-c2ccc3c(c2)C2(c4ccccc4)c4ccccc4C3(c3cccc(-n4c5ccccc5c5ccccc54)c3)c3ccccc32)cc1. The van der Waals surface area contributed by atoms with Gasteiger partial charge in [0.15, 0.2) is 0 Å². The maximum atomic E-state index is 2.50. The van der Waals surface area contributed by atoms with Crippen LogP contribution in [0.2, 0.25) is 0 Å². The Kier molecular flexibility index (Phi) is 5.86. The summed E-state index contributed by atoms with van der Waals surface area (Å²) in [6, 6.07) is 74.7. The van der Waals surface area contributed by atoms with E-state index in [1.54, 1.807) is 0 Å². The van der Waals surface area contributed by atoms with E-state index in [4.69, 9.17) is 0 Å². The van der Waals surface area contributed by atoms with Gasteiger partial charge in [0.1, 0.15) is 0 Å². The maximum absolute atomic E-state index is 2.50. The molecule has 238 valence electrons. The molecule has 1 heteroatoms. The average Bonchev–Trinajstić information content (AvgIpc) is 3.55. The highest BCUT2D eigenvalue weighted by Crippen LogP contribution is 2.66. The van der Waals surface area contributed by atoms with Crippen LogP contribution in [0.5, 0.6) is 0 Å². The number of hydrogen-bond acceptors (Lipinski definition) is 0. The molecule has 1 aromatic heterocycles. The standard InChI is InChI=1S/C50H33N/c1-3-16-34(17-4-1)35-30-31-45-46(32-35)49(36-18-5-2-6-19-36)41-24-9-11-26-43(41)50(45,44-27-12-10-25-42(44)49)37-20-15-21-38(33-37)51-47-28-13-7-22-39(47)40-23-8-14-29-48(40)51/h1-33H. The van der Waals surface area contributed by atoms with Crippen LogP contribution in [0, 0.1) is 0 Å². The normalized spacial score (nSPS) is 18.4. The molecule has 8 aromatic carbocycles. The van der Waals surface area contributed by atoms with Crippen molar-refractivity contribution >= 4 is 21.8 Å². The van der Waals surface area contributed by atoms with Crippen molar-refractivity contribution in [1.82, 2.24) is 4.57 Å². The Morgan fingerprint density at radius 1 is 0.294 bits per heavy atom. The monoisotopic (exact) mass is 647 g/mol. The second-order valence-corrected chi connectivity index (χ2v) is 14.0. The lowest BCUT2D eigenvalue weighted by molar-refractivity contribution is 0.557. The van der Waals surface area contributed by atoms with Gasteiger partial charge >= 0.3 is 0 Å². The molecule has 1 nitrogen and oxygen atoms in total. The van der Waals surface area contributed by atoms with Crippen LogP contribution in [-0.4, -0.2) is 4.57 Å². The van der Waals surface area contributed by atoms with Crippen molar-refractivity contribution in [1.29, 1.82) is 0 Å². The molecule has 2 bridgehead atoms. The fourth-order valence-corrected chi connectivity index (χ4v) is 9.84. The minimum atomic E-state index is -0.525. The van der Waals surface area contributed by atoms with Crippen molar-refractivity contribution in [3.63, 3.8) is 0 Å². The Bertz CT molecular complexity index is 2700. The molecular formula is C50H33N. The van der Waals surface area contributed by atoms with E-state index in [1.807, 2.05) is 0 Å². The lowest BCUT2D eigenvalue weighted by Gasteiger charge is -2.57. The van der Waals surface area contributed by atoms with E-state index in [9.17, 15) is 0 Å². The number of fused-ring (bicyclic) bond motifs is 3. The molecule has 0 fully saturated rings. The number of rotatable bonds is 4. The molecule has 3 aliphatic rings. The molecule has 0 N–H and O–H groups in total. The number of nitrogens with zero attached hydrogens (tertiary/aromatic N) is 1. The van der Waals surface area contributed by atoms with Gasteiger partial charge in [0.05, 0.1) is 21.9 Å². The van der Waals surface area contributed by atoms with E-state index < -0.39 is 10.8 Å². The first kappa shape index (κ1) is 28.4. The summed E-state index contributed by atoms with van der Waals surface area (Å²) < 4.78 is 2.45. The fraction of sp³-hybridized carbons (Fsp3) is 0.0400. The molecule has 1 heterocycles. The van der Waals surface area contributed by atoms with Crippen molar-refractivity contribution < 1.29 is 0 Å². The number of benzene rings is 8. The van der Waals surface area contributed by atoms with Gasteiger partial charge in [0, 0.05) is 16.5 Å². The van der Waals surface area contributed by atoms with Gasteiger partial charge in [-0.3, -0.25) is 0 Å². The van der Waals surface area contributed by atoms with E-state index in [1.165, 1.54) is 83.1 Å². The second-order valence-electron chi connectivity index (χ2n) is 14.0. The average molecular weight is 648 g/mol. The quantitative estimate of drug-likeness (QED) is 0.179. The molecule has 0 saturated carbocycles. The molecule has 9 aromatic rings. The third-order valence-corrected chi connectivity index (χ3v) is 11.7. The van der Waals surface area contributed by atoms with Gasteiger partial charge in [0.25, 0.3) is 0 Å². The number of hydrogen-bond donors (Lipinski definition) is 0. The molecule has 0 spiro atoms. The molecule has 12 rings (SSSR count). The zero-order chi connectivity index (χ0) is 33.6. The van der Waals surface area contributed by atoms with Gasteiger partial charge in [-0.25, -0.2) is 0 Å². The van der Waals surface area contributed by atoms with Gasteiger partial charge in [-0.15, -0.1) is 0 Å². The maximum Gasteiger partial charge on any atom is 0.0712 e. The molecule has 0 radical (unpaired) electrons. The molecule has 0 saturated heterocycles. The van der Waals surface area contributed by atoms with Crippen molar-refractivity contribution in [2.45, 2.75) is 10.8 Å². The van der Waals surface area contributed by atoms with E-state index in [2.05, 4.69) is 205 Å². The van der Waals surface area contributed by atoms with Gasteiger partial charge in [-0.05, 0) is 86.0 Å². The van der Waals surface area contributed by atoms with E-state index in [0.29, 0.717) is 0 Å². The van der Waals surface area contributed by atoms with E-state index in [0.717, 1.165) is 0 Å². The Hall–Kier alpha value is -6.44. The molecule has 0 amide bonds. The topological polar surface area (TPSA) is 4.93 Å². The van der Waals surface area contributed by atoms with Crippen molar-refractivity contribution in [2.24, 2.45) is 0 Å². The van der Waals surface area contributed by atoms with Crippen LogP contribution in [0.15, 0.2) is 200 Å². The highest BCUT2D eigenvalue weighted by molar-refractivity contribution is 6.09. The van der Waals surface area contributed by atoms with Gasteiger partial charge in [-0.1, -0.05) is 170 Å². The lowest BCUT2D eigenvalue weighted by Crippen LogP contribution is -2.51. The zero-order valence-electron chi connectivity index (χ0n) is 28.0. The van der Waals surface area contributed by atoms with Crippen LogP contribution >= 0.6 is 0 Å². The highest BCUT2D eigenvalue weighted by atomic mass is 15.0. The minimum Gasteiger partial charge on any atom is -0.309 e. The van der Waals surface area contributed by atoms with Gasteiger partial charge in [0.2, 0.25) is 0 Å². The number of aromatic nitrogens is 1. The summed E-state index contributed by atoms with van der Waals surface area (Å²) in [4.78, 5) is 0. The van der Waals surface area contributed by atoms with Crippen molar-refractivity contribution in [3.05, 3.63) is 245 Å². The Morgan fingerprint density at radius 2 is 0.765 bits per heavy atom. The van der Waals surface area contributed by atoms with Gasteiger partial charge in [-0.2, -0.15) is 0 Å². The summed E-state index contributed by atoms with van der Waals surface area (Å²) in [6.45, 7) is 0.